The molecule has 4 aromatic carbocycles. The molecule has 17 heteroatoms. The molecular weight excluding hydrogens is 830 g/mol. The first kappa shape index (κ1) is 47.7. The third-order valence-electron chi connectivity index (χ3n) is 10.7. The van der Waals surface area contributed by atoms with Gasteiger partial charge in [-0.05, 0) is 110 Å². The van der Waals surface area contributed by atoms with Gasteiger partial charge >= 0.3 is 0 Å². The van der Waals surface area contributed by atoms with Gasteiger partial charge in [-0.1, -0.05) is 48.0 Å². The average molecular weight is 884 g/mol. The Morgan fingerprint density at radius 2 is 1.56 bits per heavy atom. The van der Waals surface area contributed by atoms with Crippen LogP contribution in [0.5, 0.6) is 11.5 Å². The average Bonchev–Trinajstić information content (AvgIpc) is 3.27. The lowest BCUT2D eigenvalue weighted by molar-refractivity contribution is -0.141. The number of hydrogen-bond donors (Lipinski definition) is 8. The number of aromatic hydroxyl groups is 1. The lowest BCUT2D eigenvalue weighted by Crippen LogP contribution is -2.57. The second-order valence-electron chi connectivity index (χ2n) is 15.3. The van der Waals surface area contributed by atoms with E-state index >= 15 is 0 Å². The van der Waals surface area contributed by atoms with E-state index < -0.39 is 72.1 Å². The maximum Gasteiger partial charge on any atom is 0.251 e. The number of benzene rings is 4. The van der Waals surface area contributed by atoms with Crippen LogP contribution in [0.4, 0.5) is 0 Å². The van der Waals surface area contributed by atoms with E-state index in [1.165, 1.54) is 44.0 Å². The van der Waals surface area contributed by atoms with E-state index in [1.54, 1.807) is 54.6 Å². The molecule has 334 valence electrons. The molecular formula is C46H54ClN7O9. The number of fused-ring (bicyclic) bond motifs is 5. The van der Waals surface area contributed by atoms with Crippen molar-refractivity contribution in [1.29, 1.82) is 0 Å². The fraction of sp³-hybridized carbons (Fsp3) is 0.348. The zero-order chi connectivity index (χ0) is 45.8. The standard InChI is InChI=1S/C46H54ClN7O9/c1-26(39(57)25-55)50-44(60)37-23-28-7-18-40(63-21-20-49)35(22-28)34-24-32(14-17-38(34)56)41(45(61)51-27(2)42(58)53-37)54(3)46(62)36(6-4-5-19-48)52-43(59)31-10-8-29(9-11-31)30-12-15-33(47)16-13-30/h7-18,22,24,26-27,36-37,41,55-56H,4-6,19-21,23,25,48-49H2,1-3H3,(H,50,60)(H,51,61)(H,52,59)(H,53,58)/t26-,27-,36-,37-,41-/m0/s1. The highest BCUT2D eigenvalue weighted by molar-refractivity contribution is 6.30. The van der Waals surface area contributed by atoms with Crippen molar-refractivity contribution in [2.75, 3.05) is 33.4 Å². The molecule has 0 radical (unpaired) electrons. The second kappa shape index (κ2) is 22.2. The van der Waals surface area contributed by atoms with Gasteiger partial charge in [0.1, 0.15) is 48.9 Å². The van der Waals surface area contributed by atoms with Gasteiger partial charge in [0, 0.05) is 41.7 Å². The lowest BCUT2D eigenvalue weighted by atomic mass is 9.93. The Balaban J connectivity index is 1.53. The largest absolute Gasteiger partial charge is 0.507 e. The van der Waals surface area contributed by atoms with Crippen molar-refractivity contribution in [3.63, 3.8) is 0 Å². The molecule has 1 heterocycles. The first-order valence-corrected chi connectivity index (χ1v) is 21.0. The number of nitrogens with one attached hydrogen (secondary N) is 4. The SMILES string of the molecule is C[C@H](NC(=O)[C@@H]1Cc2ccc(OCCN)c(c2)-c2cc(ccc2O)[C@H](N(C)C(=O)[C@H](CCCCN)NC(=O)c2ccc(-c3ccc(Cl)cc3)cc2)C(=O)N[C@@H](C)C(=O)N1)C(=O)CO. The molecule has 5 rings (SSSR count). The minimum atomic E-state index is -1.43. The summed E-state index contributed by atoms with van der Waals surface area (Å²) in [6.07, 6.45) is 1.12. The summed E-state index contributed by atoms with van der Waals surface area (Å²) in [5, 5.41) is 32.0. The van der Waals surface area contributed by atoms with Crippen molar-refractivity contribution < 1.29 is 43.7 Å². The highest BCUT2D eigenvalue weighted by Gasteiger charge is 2.36. The number of phenols is 1. The molecule has 5 atom stereocenters. The number of phenolic OH excluding ortho intramolecular Hbond substituents is 1. The van der Waals surface area contributed by atoms with Crippen LogP contribution in [-0.2, 0) is 30.4 Å². The molecule has 4 bridgehead atoms. The van der Waals surface area contributed by atoms with Crippen molar-refractivity contribution in [1.82, 2.24) is 26.2 Å². The molecule has 1 aliphatic rings. The van der Waals surface area contributed by atoms with Crippen molar-refractivity contribution >= 4 is 46.9 Å². The number of nitrogens with two attached hydrogens (primary N) is 2. The van der Waals surface area contributed by atoms with E-state index in [9.17, 15) is 39.0 Å². The van der Waals surface area contributed by atoms with Crippen LogP contribution in [0.3, 0.4) is 0 Å². The van der Waals surface area contributed by atoms with Crippen LogP contribution in [0.2, 0.25) is 5.02 Å². The van der Waals surface area contributed by atoms with Gasteiger partial charge in [0.05, 0.1) is 6.04 Å². The van der Waals surface area contributed by atoms with E-state index in [-0.39, 0.29) is 42.9 Å². The van der Waals surface area contributed by atoms with Crippen LogP contribution in [0.25, 0.3) is 22.3 Å². The van der Waals surface area contributed by atoms with Crippen LogP contribution < -0.4 is 37.5 Å². The van der Waals surface area contributed by atoms with Crippen LogP contribution >= 0.6 is 11.6 Å². The molecule has 0 aromatic heterocycles. The second-order valence-corrected chi connectivity index (χ2v) is 15.8. The normalized spacial score (nSPS) is 17.2. The Labute approximate surface area is 370 Å². The summed E-state index contributed by atoms with van der Waals surface area (Å²) < 4.78 is 5.96. The molecule has 1 aliphatic heterocycles. The van der Waals surface area contributed by atoms with Crippen LogP contribution in [0.1, 0.15) is 60.6 Å². The maximum atomic E-state index is 14.6. The van der Waals surface area contributed by atoms with Gasteiger partial charge in [-0.3, -0.25) is 28.8 Å². The van der Waals surface area contributed by atoms with Crippen molar-refractivity contribution in [3.05, 3.63) is 107 Å². The number of hydrogen-bond acceptors (Lipinski definition) is 11. The minimum Gasteiger partial charge on any atom is -0.507 e. The number of amides is 5. The van der Waals surface area contributed by atoms with Gasteiger partial charge in [0.15, 0.2) is 5.78 Å². The minimum absolute atomic E-state index is 0.0908. The van der Waals surface area contributed by atoms with Crippen molar-refractivity contribution in [2.24, 2.45) is 11.5 Å². The summed E-state index contributed by atoms with van der Waals surface area (Å²) >= 11 is 6.05. The smallest absolute Gasteiger partial charge is 0.251 e. The predicted molar refractivity (Wildman–Crippen MR) is 238 cm³/mol. The number of carbonyl (C=O) groups is 6. The maximum absolute atomic E-state index is 14.6. The lowest BCUT2D eigenvalue weighted by Gasteiger charge is -2.32. The number of likely N-dealkylation sites (N-methyl/N-ethyl adjacent to an activating group) is 1. The quantitative estimate of drug-likeness (QED) is 0.0760. The number of ether oxygens (including phenoxy) is 1. The molecule has 0 fully saturated rings. The highest BCUT2D eigenvalue weighted by atomic mass is 35.5. The Bertz CT molecular complexity index is 2290. The van der Waals surface area contributed by atoms with Gasteiger partial charge in [-0.2, -0.15) is 0 Å². The monoisotopic (exact) mass is 883 g/mol. The molecule has 0 aliphatic carbocycles. The summed E-state index contributed by atoms with van der Waals surface area (Å²) in [6, 6.07) is 17.3. The first-order chi connectivity index (χ1) is 30.1. The fourth-order valence-corrected chi connectivity index (χ4v) is 7.28. The fourth-order valence-electron chi connectivity index (χ4n) is 7.15. The highest BCUT2D eigenvalue weighted by Crippen LogP contribution is 2.39. The number of aliphatic hydroxyl groups is 1. The van der Waals surface area contributed by atoms with Gasteiger partial charge in [0.2, 0.25) is 23.6 Å². The van der Waals surface area contributed by atoms with E-state index in [0.717, 1.165) is 11.1 Å². The number of rotatable bonds is 16. The summed E-state index contributed by atoms with van der Waals surface area (Å²) in [4.78, 5) is 83.6. The Morgan fingerprint density at radius 1 is 0.873 bits per heavy atom. The van der Waals surface area contributed by atoms with Gasteiger partial charge in [0.25, 0.3) is 5.91 Å². The van der Waals surface area contributed by atoms with Crippen LogP contribution in [-0.4, -0.2) is 108 Å². The summed E-state index contributed by atoms with van der Waals surface area (Å²) in [6.45, 7) is 2.61. The predicted octanol–water partition coefficient (Wildman–Crippen LogP) is 2.76. The molecule has 16 nitrogen and oxygen atoms in total. The number of aliphatic hydroxyl groups excluding tert-OH is 1. The summed E-state index contributed by atoms with van der Waals surface area (Å²) in [7, 11) is 1.40. The summed E-state index contributed by atoms with van der Waals surface area (Å²) in [5.74, 6) is -3.96. The van der Waals surface area contributed by atoms with E-state index in [2.05, 4.69) is 21.3 Å². The topological polar surface area (TPSA) is 256 Å². The number of unbranched alkanes of at least 4 members (excludes halogenated alkanes) is 1. The number of carbonyl (C=O) groups excluding carboxylic acids is 6. The van der Waals surface area contributed by atoms with Gasteiger partial charge in [-0.15, -0.1) is 0 Å². The molecule has 0 spiro atoms. The third kappa shape index (κ3) is 12.2. The third-order valence-corrected chi connectivity index (χ3v) is 11.0. The van der Waals surface area contributed by atoms with Crippen molar-refractivity contribution in [3.8, 4) is 33.8 Å². The Morgan fingerprint density at radius 3 is 2.21 bits per heavy atom. The molecule has 10 N–H and O–H groups in total. The Hall–Kier alpha value is -6.33. The number of halogens is 1. The number of Topliss-reactive ketones (excluding diaryl/α,β-unsaturated/α-hetero) is 1. The number of ketones is 1. The van der Waals surface area contributed by atoms with E-state index in [4.69, 9.17) is 27.8 Å². The molecule has 63 heavy (non-hydrogen) atoms. The molecule has 0 unspecified atom stereocenters. The molecule has 4 aromatic rings. The zero-order valence-electron chi connectivity index (χ0n) is 35.4. The molecule has 0 saturated carbocycles. The van der Waals surface area contributed by atoms with Crippen molar-refractivity contribution in [2.45, 2.75) is 69.7 Å². The molecule has 0 saturated heterocycles. The number of nitrogens with zero attached hydrogens (tertiary/aromatic N) is 1. The van der Waals surface area contributed by atoms with E-state index in [1.807, 2.05) is 12.1 Å². The van der Waals surface area contributed by atoms with Gasteiger partial charge in [-0.25, -0.2) is 0 Å². The van der Waals surface area contributed by atoms with Crippen LogP contribution in [0, 0.1) is 0 Å². The van der Waals surface area contributed by atoms with Gasteiger partial charge < -0.3 is 52.6 Å². The van der Waals surface area contributed by atoms with Crippen LogP contribution in [0.15, 0.2) is 84.9 Å². The van der Waals surface area contributed by atoms with E-state index in [0.29, 0.717) is 46.8 Å². The summed E-state index contributed by atoms with van der Waals surface area (Å²) in [5.41, 5.74) is 14.9. The first-order valence-electron chi connectivity index (χ1n) is 20.6. The Kier molecular flexibility index (Phi) is 16.8. The molecule has 5 amide bonds. The zero-order valence-corrected chi connectivity index (χ0v) is 36.1.